The Hall–Kier alpha value is -2.69. The zero-order valence-electron chi connectivity index (χ0n) is 15.9. The lowest BCUT2D eigenvalue weighted by Gasteiger charge is -2.08. The van der Waals surface area contributed by atoms with Crippen LogP contribution >= 0.6 is 24.0 Å². The summed E-state index contributed by atoms with van der Waals surface area (Å²) in [7, 11) is 0. The van der Waals surface area contributed by atoms with E-state index in [1.807, 2.05) is 54.6 Å². The molecular formula is C23H23Cl2N3O. The summed E-state index contributed by atoms with van der Waals surface area (Å²) in [5, 5.41) is 9.42. The van der Waals surface area contributed by atoms with Crippen molar-refractivity contribution in [3.63, 3.8) is 0 Å². The van der Waals surface area contributed by atoms with E-state index in [2.05, 4.69) is 33.4 Å². The molecule has 150 valence electrons. The predicted molar refractivity (Wildman–Crippen MR) is 120 cm³/mol. The van der Waals surface area contributed by atoms with Crippen LogP contribution in [0.15, 0.2) is 78.9 Å². The third kappa shape index (κ3) is 4.84. The van der Waals surface area contributed by atoms with Gasteiger partial charge in [-0.25, -0.2) is 0 Å². The first kappa shape index (κ1) is 21.0. The van der Waals surface area contributed by atoms with Crippen LogP contribution in [0.3, 0.4) is 0 Å². The first-order valence-corrected chi connectivity index (χ1v) is 9.75. The topological polar surface area (TPSA) is 42.9 Å². The Labute approximate surface area is 181 Å². The molecule has 6 heteroatoms. The normalized spacial score (nSPS) is 10.7. The molecule has 29 heavy (non-hydrogen) atoms. The van der Waals surface area contributed by atoms with Gasteiger partial charge in [-0.15, -0.1) is 12.4 Å². The minimum Gasteiger partial charge on any atom is -0.494 e. The Morgan fingerprint density at radius 2 is 1.41 bits per heavy atom. The van der Waals surface area contributed by atoms with Crippen LogP contribution in [-0.4, -0.2) is 15.7 Å². The highest BCUT2D eigenvalue weighted by atomic mass is 35.5. The number of para-hydroxylation sites is 2. The van der Waals surface area contributed by atoms with E-state index in [0.717, 1.165) is 29.7 Å². The lowest BCUT2D eigenvalue weighted by Crippen LogP contribution is -2.25. The second-order valence-electron chi connectivity index (χ2n) is 6.69. The molecule has 0 saturated heterocycles. The van der Waals surface area contributed by atoms with Gasteiger partial charge in [-0.2, -0.15) is 0 Å². The molecular weight excluding hydrogens is 405 g/mol. The Bertz CT molecular complexity index is 1120. The molecule has 0 aliphatic rings. The molecule has 4 aromatic rings. The van der Waals surface area contributed by atoms with Gasteiger partial charge >= 0.3 is 0 Å². The van der Waals surface area contributed by atoms with Crippen LogP contribution in [0.4, 0.5) is 0 Å². The number of hydrogen-bond acceptors (Lipinski definition) is 2. The number of rotatable bonds is 7. The molecule has 0 bridgehead atoms. The minimum absolute atomic E-state index is 0. The second-order valence-corrected chi connectivity index (χ2v) is 7.13. The van der Waals surface area contributed by atoms with E-state index >= 15 is 0 Å². The van der Waals surface area contributed by atoms with E-state index in [4.69, 9.17) is 21.7 Å². The molecule has 1 N–H and O–H groups in total. The molecule has 0 spiro atoms. The lowest BCUT2D eigenvalue weighted by atomic mass is 10.2. The maximum Gasteiger partial charge on any atom is 0.203 e. The summed E-state index contributed by atoms with van der Waals surface area (Å²) in [5.74, 6) is 0.812. The first-order chi connectivity index (χ1) is 13.7. The number of nitrogens with one attached hydrogen (secondary N) is 1. The fraction of sp³-hybridized carbons (Fsp3) is 0.174. The molecule has 0 amide bonds. The summed E-state index contributed by atoms with van der Waals surface area (Å²) in [4.78, 5) is 0. The number of ether oxygens (including phenoxy) is 1. The monoisotopic (exact) mass is 427 g/mol. The van der Waals surface area contributed by atoms with Gasteiger partial charge in [0, 0.05) is 11.6 Å². The maximum atomic E-state index is 8.72. The van der Waals surface area contributed by atoms with Crippen molar-refractivity contribution in [2.45, 2.75) is 19.5 Å². The Balaban J connectivity index is 0.00000240. The van der Waals surface area contributed by atoms with Crippen molar-refractivity contribution >= 4 is 35.0 Å². The van der Waals surface area contributed by atoms with Crippen LogP contribution in [0.5, 0.6) is 5.75 Å². The fourth-order valence-electron chi connectivity index (χ4n) is 3.39. The standard InChI is InChI=1S/C23H22ClN3O.ClH/c24-19-11-13-20(14-12-19)28-16-6-15-26-21-9-4-5-10-22(21)27(23(26)25)17-18-7-2-1-3-8-18;/h1-5,7-14,25H,6,15-17H2;1H. The van der Waals surface area contributed by atoms with Crippen molar-refractivity contribution in [2.24, 2.45) is 0 Å². The molecule has 1 heterocycles. The second kappa shape index (κ2) is 9.68. The summed E-state index contributed by atoms with van der Waals surface area (Å²) in [6.45, 7) is 2.01. The van der Waals surface area contributed by atoms with E-state index in [1.165, 1.54) is 5.56 Å². The van der Waals surface area contributed by atoms with Crippen molar-refractivity contribution in [1.29, 1.82) is 5.41 Å². The Morgan fingerprint density at radius 1 is 0.793 bits per heavy atom. The number of imidazole rings is 1. The van der Waals surface area contributed by atoms with E-state index in [1.54, 1.807) is 0 Å². The van der Waals surface area contributed by atoms with Crippen molar-refractivity contribution in [3.8, 4) is 5.75 Å². The summed E-state index contributed by atoms with van der Waals surface area (Å²) in [6, 6.07) is 25.9. The van der Waals surface area contributed by atoms with Crippen LogP contribution in [0.1, 0.15) is 12.0 Å². The zero-order valence-corrected chi connectivity index (χ0v) is 17.5. The smallest absolute Gasteiger partial charge is 0.203 e. The largest absolute Gasteiger partial charge is 0.494 e. The Kier molecular flexibility index (Phi) is 7.02. The molecule has 0 radical (unpaired) electrons. The number of halogens is 2. The van der Waals surface area contributed by atoms with Gasteiger partial charge in [-0.05, 0) is 48.4 Å². The molecule has 0 saturated carbocycles. The number of nitrogens with zero attached hydrogens (tertiary/aromatic N) is 2. The van der Waals surface area contributed by atoms with E-state index in [0.29, 0.717) is 23.8 Å². The fourth-order valence-corrected chi connectivity index (χ4v) is 3.52. The third-order valence-electron chi connectivity index (χ3n) is 4.77. The van der Waals surface area contributed by atoms with Gasteiger partial charge in [0.25, 0.3) is 0 Å². The SMILES string of the molecule is Cl.N=c1n(CCCOc2ccc(Cl)cc2)c2ccccc2n1Cc1ccccc1. The molecule has 0 unspecified atom stereocenters. The van der Waals surface area contributed by atoms with Crippen LogP contribution in [-0.2, 0) is 13.1 Å². The van der Waals surface area contributed by atoms with Gasteiger partial charge in [0.1, 0.15) is 5.75 Å². The Morgan fingerprint density at radius 3 is 2.10 bits per heavy atom. The van der Waals surface area contributed by atoms with Gasteiger partial charge in [0.15, 0.2) is 0 Å². The summed E-state index contributed by atoms with van der Waals surface area (Å²) < 4.78 is 9.92. The van der Waals surface area contributed by atoms with Crippen molar-refractivity contribution < 1.29 is 4.74 Å². The molecule has 0 aliphatic heterocycles. The number of benzene rings is 3. The molecule has 0 aliphatic carbocycles. The van der Waals surface area contributed by atoms with E-state index < -0.39 is 0 Å². The molecule has 4 rings (SSSR count). The van der Waals surface area contributed by atoms with Crippen molar-refractivity contribution in [2.75, 3.05) is 6.61 Å². The molecule has 4 nitrogen and oxygen atoms in total. The minimum atomic E-state index is 0. The number of fused-ring (bicyclic) bond motifs is 1. The highest BCUT2D eigenvalue weighted by Crippen LogP contribution is 2.17. The maximum absolute atomic E-state index is 8.72. The van der Waals surface area contributed by atoms with Crippen LogP contribution in [0.25, 0.3) is 11.0 Å². The van der Waals surface area contributed by atoms with Crippen LogP contribution in [0, 0.1) is 5.41 Å². The molecule has 3 aromatic carbocycles. The van der Waals surface area contributed by atoms with Gasteiger partial charge < -0.3 is 13.9 Å². The van der Waals surface area contributed by atoms with Crippen LogP contribution in [0.2, 0.25) is 5.02 Å². The number of hydrogen-bond donors (Lipinski definition) is 1. The van der Waals surface area contributed by atoms with Crippen molar-refractivity contribution in [1.82, 2.24) is 9.13 Å². The molecule has 0 fully saturated rings. The average Bonchev–Trinajstić information content (AvgIpc) is 2.99. The van der Waals surface area contributed by atoms with Crippen LogP contribution < -0.4 is 10.4 Å². The highest BCUT2D eigenvalue weighted by molar-refractivity contribution is 6.30. The lowest BCUT2D eigenvalue weighted by molar-refractivity contribution is 0.301. The van der Waals surface area contributed by atoms with Gasteiger partial charge in [-0.3, -0.25) is 5.41 Å². The van der Waals surface area contributed by atoms with Gasteiger partial charge in [0.05, 0.1) is 24.2 Å². The van der Waals surface area contributed by atoms with Gasteiger partial charge in [-0.1, -0.05) is 54.1 Å². The van der Waals surface area contributed by atoms with Gasteiger partial charge in [0.2, 0.25) is 5.62 Å². The van der Waals surface area contributed by atoms with E-state index in [9.17, 15) is 0 Å². The highest BCUT2D eigenvalue weighted by Gasteiger charge is 2.10. The summed E-state index contributed by atoms with van der Waals surface area (Å²) in [5.41, 5.74) is 3.86. The van der Waals surface area contributed by atoms with E-state index in [-0.39, 0.29) is 12.4 Å². The number of aryl methyl sites for hydroxylation is 1. The van der Waals surface area contributed by atoms with Crippen molar-refractivity contribution in [3.05, 3.63) is 95.1 Å². The summed E-state index contributed by atoms with van der Waals surface area (Å²) in [6.07, 6.45) is 0.818. The predicted octanol–water partition coefficient (Wildman–Crippen LogP) is 5.51. The molecule has 0 atom stereocenters. The number of aromatic nitrogens is 2. The average molecular weight is 428 g/mol. The quantitative estimate of drug-likeness (QED) is 0.388. The summed E-state index contributed by atoms with van der Waals surface area (Å²) >= 11 is 5.90. The third-order valence-corrected chi connectivity index (χ3v) is 5.02. The first-order valence-electron chi connectivity index (χ1n) is 9.37. The zero-order chi connectivity index (χ0) is 19.3. The molecule has 1 aromatic heterocycles.